The maximum atomic E-state index is 11.7. The molecule has 0 radical (unpaired) electrons. The van der Waals surface area contributed by atoms with E-state index in [-0.39, 0.29) is 12.6 Å². The van der Waals surface area contributed by atoms with Gasteiger partial charge in [0, 0.05) is 34.1 Å². The van der Waals surface area contributed by atoms with Crippen LogP contribution < -0.4 is 0 Å². The van der Waals surface area contributed by atoms with Crippen molar-refractivity contribution in [2.45, 2.75) is 13.0 Å². The maximum Gasteiger partial charge on any atom is 0.319 e. The molecule has 1 aromatic heterocycles. The van der Waals surface area contributed by atoms with Crippen LogP contribution >= 0.6 is 11.3 Å². The van der Waals surface area contributed by atoms with E-state index in [0.717, 1.165) is 10.4 Å². The lowest BCUT2D eigenvalue weighted by atomic mass is 10.3. The average Bonchev–Trinajstić information content (AvgIpc) is 2.76. The third kappa shape index (κ3) is 4.40. The summed E-state index contributed by atoms with van der Waals surface area (Å²) in [5.41, 5.74) is 1.07. The van der Waals surface area contributed by atoms with Crippen LogP contribution in [-0.4, -0.2) is 48.7 Å². The normalized spacial score (nSPS) is 9.56. The van der Waals surface area contributed by atoms with Gasteiger partial charge in [-0.2, -0.15) is 0 Å². The number of carbonyl (C=O) groups excluding carboxylic acids is 1. The minimum absolute atomic E-state index is 0.0193. The Morgan fingerprint density at radius 2 is 2.17 bits per heavy atom. The molecule has 0 fully saturated rings. The Morgan fingerprint density at radius 3 is 2.78 bits per heavy atom. The van der Waals surface area contributed by atoms with Crippen molar-refractivity contribution in [3.8, 4) is 11.8 Å². The van der Waals surface area contributed by atoms with Crippen LogP contribution in [0.3, 0.4) is 0 Å². The lowest BCUT2D eigenvalue weighted by molar-refractivity contribution is 0.180. The van der Waals surface area contributed by atoms with E-state index in [2.05, 4.69) is 11.8 Å². The smallest absolute Gasteiger partial charge is 0.319 e. The van der Waals surface area contributed by atoms with E-state index >= 15 is 0 Å². The number of thiophene rings is 1. The van der Waals surface area contributed by atoms with Gasteiger partial charge in [-0.25, -0.2) is 4.79 Å². The second-order valence-corrected chi connectivity index (χ2v) is 5.04. The molecule has 5 heteroatoms. The highest BCUT2D eigenvalue weighted by atomic mass is 32.1. The van der Waals surface area contributed by atoms with Gasteiger partial charge in [0.25, 0.3) is 0 Å². The molecule has 1 N–H and O–H groups in total. The second kappa shape index (κ2) is 7.04. The summed E-state index contributed by atoms with van der Waals surface area (Å²) in [5, 5.41) is 10.6. The fourth-order valence-corrected chi connectivity index (χ4v) is 2.18. The molecule has 0 saturated heterocycles. The first-order valence-corrected chi connectivity index (χ1v) is 6.52. The SMILES string of the molecule is CN(C)C(=O)N(C)Cc1csc(C#CCCO)c1. The Balaban J connectivity index is 2.59. The Kier molecular flexibility index (Phi) is 5.69. The number of hydrogen-bond donors (Lipinski definition) is 1. The highest BCUT2D eigenvalue weighted by molar-refractivity contribution is 7.10. The Labute approximate surface area is 112 Å². The molecule has 1 aromatic rings. The number of hydrogen-bond acceptors (Lipinski definition) is 3. The summed E-state index contributed by atoms with van der Waals surface area (Å²) in [7, 11) is 5.24. The number of carbonyl (C=O) groups is 1. The zero-order valence-corrected chi connectivity index (χ0v) is 11.8. The average molecular weight is 266 g/mol. The van der Waals surface area contributed by atoms with Crippen LogP contribution in [0.5, 0.6) is 0 Å². The number of urea groups is 1. The molecule has 98 valence electrons. The molecule has 0 atom stereocenters. The predicted molar refractivity (Wildman–Crippen MR) is 73.4 cm³/mol. The summed E-state index contributed by atoms with van der Waals surface area (Å²) < 4.78 is 0. The molecule has 0 aliphatic heterocycles. The van der Waals surface area contributed by atoms with Crippen molar-refractivity contribution in [3.63, 3.8) is 0 Å². The first-order chi connectivity index (χ1) is 8.54. The van der Waals surface area contributed by atoms with Gasteiger partial charge >= 0.3 is 6.03 Å². The molecule has 18 heavy (non-hydrogen) atoms. The van der Waals surface area contributed by atoms with Gasteiger partial charge < -0.3 is 14.9 Å². The fraction of sp³-hybridized carbons (Fsp3) is 0.462. The monoisotopic (exact) mass is 266 g/mol. The van der Waals surface area contributed by atoms with Gasteiger partial charge in [0.2, 0.25) is 0 Å². The first-order valence-electron chi connectivity index (χ1n) is 5.64. The molecular weight excluding hydrogens is 248 g/mol. The molecule has 0 saturated carbocycles. The van der Waals surface area contributed by atoms with Gasteiger partial charge in [0.15, 0.2) is 0 Å². The molecule has 0 aliphatic carbocycles. The molecular formula is C13H18N2O2S. The summed E-state index contributed by atoms with van der Waals surface area (Å²) >= 11 is 1.56. The van der Waals surface area contributed by atoms with Crippen molar-refractivity contribution >= 4 is 17.4 Å². The Hall–Kier alpha value is -1.51. The van der Waals surface area contributed by atoms with E-state index in [0.29, 0.717) is 13.0 Å². The zero-order valence-electron chi connectivity index (χ0n) is 10.9. The van der Waals surface area contributed by atoms with Gasteiger partial charge in [-0.05, 0) is 17.0 Å². The van der Waals surface area contributed by atoms with Gasteiger partial charge in [-0.15, -0.1) is 11.3 Å². The van der Waals surface area contributed by atoms with E-state index in [9.17, 15) is 4.79 Å². The van der Waals surface area contributed by atoms with Crippen LogP contribution in [0.25, 0.3) is 0 Å². The highest BCUT2D eigenvalue weighted by Gasteiger charge is 2.11. The van der Waals surface area contributed by atoms with Crippen molar-refractivity contribution in [1.29, 1.82) is 0 Å². The van der Waals surface area contributed by atoms with E-state index in [1.165, 1.54) is 0 Å². The van der Waals surface area contributed by atoms with Gasteiger partial charge in [0.1, 0.15) is 0 Å². The summed E-state index contributed by atoms with van der Waals surface area (Å²) in [6.45, 7) is 0.667. The van der Waals surface area contributed by atoms with E-state index < -0.39 is 0 Å². The van der Waals surface area contributed by atoms with Crippen molar-refractivity contribution in [2.24, 2.45) is 0 Å². The lowest BCUT2D eigenvalue weighted by Crippen LogP contribution is -2.35. The quantitative estimate of drug-likeness (QED) is 0.844. The fourth-order valence-electron chi connectivity index (χ4n) is 1.41. The molecule has 0 unspecified atom stereocenters. The molecule has 0 aromatic carbocycles. The summed E-state index contributed by atoms with van der Waals surface area (Å²) in [5.74, 6) is 5.87. The van der Waals surface area contributed by atoms with Crippen LogP contribution in [-0.2, 0) is 6.54 Å². The third-order valence-corrected chi connectivity index (χ3v) is 3.13. The molecule has 1 rings (SSSR count). The first kappa shape index (κ1) is 14.6. The third-order valence-electron chi connectivity index (χ3n) is 2.23. The second-order valence-electron chi connectivity index (χ2n) is 4.13. The summed E-state index contributed by atoms with van der Waals surface area (Å²) in [6.07, 6.45) is 0.492. The zero-order chi connectivity index (χ0) is 13.5. The number of amides is 2. The van der Waals surface area contributed by atoms with Crippen molar-refractivity contribution in [1.82, 2.24) is 9.80 Å². The summed E-state index contributed by atoms with van der Waals surface area (Å²) in [4.78, 5) is 15.8. The molecule has 0 aliphatic rings. The lowest BCUT2D eigenvalue weighted by Gasteiger charge is -2.21. The Morgan fingerprint density at radius 1 is 1.44 bits per heavy atom. The molecule has 2 amide bonds. The molecule has 0 spiro atoms. The minimum Gasteiger partial charge on any atom is -0.395 e. The topological polar surface area (TPSA) is 43.8 Å². The summed E-state index contributed by atoms with van der Waals surface area (Å²) in [6, 6.07) is 1.96. The van der Waals surface area contributed by atoms with Crippen LogP contribution in [0.4, 0.5) is 4.79 Å². The van der Waals surface area contributed by atoms with Crippen LogP contribution in [0.2, 0.25) is 0 Å². The Bertz CT molecular complexity index is 457. The minimum atomic E-state index is -0.0193. The number of nitrogens with zero attached hydrogens (tertiary/aromatic N) is 2. The van der Waals surface area contributed by atoms with Crippen molar-refractivity contribution in [3.05, 3.63) is 21.9 Å². The maximum absolute atomic E-state index is 11.7. The van der Waals surface area contributed by atoms with Gasteiger partial charge in [-0.3, -0.25) is 0 Å². The van der Waals surface area contributed by atoms with Gasteiger partial charge in [-0.1, -0.05) is 11.8 Å². The number of aliphatic hydroxyl groups excluding tert-OH is 1. The van der Waals surface area contributed by atoms with E-state index in [4.69, 9.17) is 5.11 Å². The van der Waals surface area contributed by atoms with Crippen molar-refractivity contribution < 1.29 is 9.90 Å². The van der Waals surface area contributed by atoms with E-state index in [1.54, 1.807) is 42.3 Å². The van der Waals surface area contributed by atoms with Gasteiger partial charge in [0.05, 0.1) is 11.5 Å². The largest absolute Gasteiger partial charge is 0.395 e. The number of aliphatic hydroxyl groups is 1. The predicted octanol–water partition coefficient (Wildman–Crippen LogP) is 1.60. The van der Waals surface area contributed by atoms with Crippen LogP contribution in [0.15, 0.2) is 11.4 Å². The van der Waals surface area contributed by atoms with Crippen LogP contribution in [0.1, 0.15) is 16.9 Å². The molecule has 0 bridgehead atoms. The molecule has 1 heterocycles. The molecule has 4 nitrogen and oxygen atoms in total. The van der Waals surface area contributed by atoms with Crippen molar-refractivity contribution in [2.75, 3.05) is 27.7 Å². The standard InChI is InChI=1S/C13H18N2O2S/c1-14(2)13(17)15(3)9-11-8-12(18-10-11)6-4-5-7-16/h8,10,16H,5,7,9H2,1-3H3. The van der Waals surface area contributed by atoms with Crippen LogP contribution in [0, 0.1) is 11.8 Å². The highest BCUT2D eigenvalue weighted by Crippen LogP contribution is 2.15. The van der Waals surface area contributed by atoms with E-state index in [1.807, 2.05) is 11.4 Å². The number of rotatable bonds is 3.